The Morgan fingerprint density at radius 1 is 1.50 bits per heavy atom. The summed E-state index contributed by atoms with van der Waals surface area (Å²) in [5.41, 5.74) is 3.32. The molecule has 4 heterocycles. The molecule has 0 spiro atoms. The van der Waals surface area contributed by atoms with Crippen molar-refractivity contribution in [2.24, 2.45) is 5.92 Å². The summed E-state index contributed by atoms with van der Waals surface area (Å²) in [7, 11) is 0. The average molecular weight is 350 g/mol. The third-order valence-electron chi connectivity index (χ3n) is 4.73. The summed E-state index contributed by atoms with van der Waals surface area (Å²) in [4.78, 5) is 18.2. The molecule has 0 bridgehead atoms. The Balaban J connectivity index is 1.71. The number of rotatable bonds is 3. The first kappa shape index (κ1) is 16.3. The minimum Gasteiger partial charge on any atom is -0.361 e. The van der Waals surface area contributed by atoms with Crippen molar-refractivity contribution in [2.45, 2.75) is 20.3 Å². The SMILES string of the molecule is Cc1noc(C)c1-c1ccn2cc(N(C#N)C(=O)[C@H]3CCNC3)nc2c1. The van der Waals surface area contributed by atoms with Gasteiger partial charge in [0.25, 0.3) is 0 Å². The smallest absolute Gasteiger partial charge is 0.246 e. The summed E-state index contributed by atoms with van der Waals surface area (Å²) in [5, 5.41) is 16.6. The van der Waals surface area contributed by atoms with Crippen LogP contribution in [0.4, 0.5) is 5.82 Å². The maximum absolute atomic E-state index is 12.6. The molecule has 4 rings (SSSR count). The number of nitriles is 1. The van der Waals surface area contributed by atoms with E-state index in [1.165, 1.54) is 0 Å². The standard InChI is InChI=1S/C18H18N6O2/c1-11-17(12(2)26-22-11)13-4-6-23-9-16(21-15(23)7-13)24(10-19)18(25)14-3-5-20-8-14/h4,6-7,9,14,20H,3,5,8H2,1-2H3/t14-/m0/s1. The number of imidazole rings is 1. The van der Waals surface area contributed by atoms with Gasteiger partial charge < -0.3 is 14.2 Å². The third-order valence-corrected chi connectivity index (χ3v) is 4.73. The lowest BCUT2D eigenvalue weighted by molar-refractivity contribution is -0.121. The second kappa shape index (κ2) is 6.28. The van der Waals surface area contributed by atoms with Gasteiger partial charge in [0, 0.05) is 18.3 Å². The predicted octanol–water partition coefficient (Wildman–Crippen LogP) is 2.03. The Kier molecular flexibility index (Phi) is 3.93. The Morgan fingerprint density at radius 2 is 2.35 bits per heavy atom. The van der Waals surface area contributed by atoms with Crippen molar-refractivity contribution < 1.29 is 9.32 Å². The Hall–Kier alpha value is -3.18. The van der Waals surface area contributed by atoms with Gasteiger partial charge in [0.05, 0.1) is 17.8 Å². The summed E-state index contributed by atoms with van der Waals surface area (Å²) in [6.45, 7) is 5.14. The zero-order valence-corrected chi connectivity index (χ0v) is 14.6. The molecule has 8 heteroatoms. The van der Waals surface area contributed by atoms with Crippen LogP contribution >= 0.6 is 0 Å². The number of aromatic nitrogens is 3. The number of anilines is 1. The van der Waals surface area contributed by atoms with Crippen LogP contribution in [0, 0.1) is 31.2 Å². The number of hydrogen-bond donors (Lipinski definition) is 1. The fourth-order valence-electron chi connectivity index (χ4n) is 3.39. The van der Waals surface area contributed by atoms with Crippen molar-refractivity contribution in [3.63, 3.8) is 0 Å². The zero-order valence-electron chi connectivity index (χ0n) is 14.6. The molecule has 1 N–H and O–H groups in total. The van der Waals surface area contributed by atoms with Crippen molar-refractivity contribution in [1.82, 2.24) is 19.9 Å². The molecule has 26 heavy (non-hydrogen) atoms. The third kappa shape index (κ3) is 2.62. The molecule has 0 aromatic carbocycles. The van der Waals surface area contributed by atoms with Crippen LogP contribution in [0.25, 0.3) is 16.8 Å². The molecule has 1 fully saturated rings. The van der Waals surface area contributed by atoms with Gasteiger partial charge in [-0.05, 0) is 44.5 Å². The number of nitrogens with zero attached hydrogens (tertiary/aromatic N) is 5. The van der Waals surface area contributed by atoms with Gasteiger partial charge in [0.2, 0.25) is 5.91 Å². The van der Waals surface area contributed by atoms with Crippen molar-refractivity contribution in [3.8, 4) is 17.3 Å². The molecule has 0 unspecified atom stereocenters. The lowest BCUT2D eigenvalue weighted by Gasteiger charge is -2.14. The van der Waals surface area contributed by atoms with E-state index in [2.05, 4.69) is 15.5 Å². The van der Waals surface area contributed by atoms with Gasteiger partial charge in [-0.1, -0.05) is 5.16 Å². The molecule has 8 nitrogen and oxygen atoms in total. The summed E-state index contributed by atoms with van der Waals surface area (Å²) < 4.78 is 7.03. The summed E-state index contributed by atoms with van der Waals surface area (Å²) in [6.07, 6.45) is 6.25. The van der Waals surface area contributed by atoms with Gasteiger partial charge in [-0.15, -0.1) is 0 Å². The highest BCUT2D eigenvalue weighted by atomic mass is 16.5. The summed E-state index contributed by atoms with van der Waals surface area (Å²) >= 11 is 0. The van der Waals surface area contributed by atoms with Gasteiger partial charge in [-0.3, -0.25) is 4.79 Å². The van der Waals surface area contributed by atoms with Crippen molar-refractivity contribution in [3.05, 3.63) is 36.0 Å². The molecular weight excluding hydrogens is 332 g/mol. The molecule has 1 amide bonds. The first-order valence-corrected chi connectivity index (χ1v) is 8.45. The van der Waals surface area contributed by atoms with Gasteiger partial charge in [0.1, 0.15) is 11.4 Å². The van der Waals surface area contributed by atoms with E-state index in [9.17, 15) is 10.1 Å². The van der Waals surface area contributed by atoms with E-state index in [0.29, 0.717) is 18.0 Å². The topological polar surface area (TPSA) is 99.5 Å². The van der Waals surface area contributed by atoms with Crippen LogP contribution in [0.5, 0.6) is 0 Å². The van der Waals surface area contributed by atoms with E-state index in [1.54, 1.807) is 10.6 Å². The molecule has 1 aliphatic rings. The first-order chi connectivity index (χ1) is 12.6. The van der Waals surface area contributed by atoms with E-state index in [4.69, 9.17) is 4.52 Å². The van der Waals surface area contributed by atoms with E-state index < -0.39 is 0 Å². The van der Waals surface area contributed by atoms with Crippen LogP contribution < -0.4 is 10.2 Å². The molecule has 132 valence electrons. The van der Waals surface area contributed by atoms with Crippen molar-refractivity contribution in [1.29, 1.82) is 5.26 Å². The van der Waals surface area contributed by atoms with Crippen LogP contribution in [0.2, 0.25) is 0 Å². The monoisotopic (exact) mass is 350 g/mol. The average Bonchev–Trinajstić information content (AvgIpc) is 3.35. The second-order valence-electron chi connectivity index (χ2n) is 6.44. The number of carbonyl (C=O) groups excluding carboxylic acids is 1. The highest BCUT2D eigenvalue weighted by Crippen LogP contribution is 2.28. The fraction of sp³-hybridized carbons (Fsp3) is 0.333. The highest BCUT2D eigenvalue weighted by Gasteiger charge is 2.29. The van der Waals surface area contributed by atoms with Gasteiger partial charge in [0.15, 0.2) is 12.0 Å². The largest absolute Gasteiger partial charge is 0.361 e. The maximum atomic E-state index is 12.6. The quantitative estimate of drug-likeness (QED) is 0.573. The molecule has 3 aromatic rings. The van der Waals surface area contributed by atoms with E-state index in [1.807, 2.05) is 38.4 Å². The lowest BCUT2D eigenvalue weighted by Crippen LogP contribution is -2.33. The number of fused-ring (bicyclic) bond motifs is 1. The Labute approximate surface area is 150 Å². The molecule has 0 aliphatic carbocycles. The van der Waals surface area contributed by atoms with E-state index in [-0.39, 0.29) is 11.8 Å². The lowest BCUT2D eigenvalue weighted by atomic mass is 10.1. The zero-order chi connectivity index (χ0) is 18.3. The van der Waals surface area contributed by atoms with Crippen LogP contribution in [-0.4, -0.2) is 33.5 Å². The molecule has 3 aromatic heterocycles. The van der Waals surface area contributed by atoms with Crippen LogP contribution in [0.1, 0.15) is 17.9 Å². The van der Waals surface area contributed by atoms with Crippen LogP contribution in [0.15, 0.2) is 29.0 Å². The van der Waals surface area contributed by atoms with Crippen LogP contribution in [0.3, 0.4) is 0 Å². The number of amides is 1. The maximum Gasteiger partial charge on any atom is 0.246 e. The molecular formula is C18H18N6O2. The first-order valence-electron chi connectivity index (χ1n) is 8.45. The Bertz CT molecular complexity index is 1000. The van der Waals surface area contributed by atoms with E-state index in [0.717, 1.165) is 40.4 Å². The fourth-order valence-corrected chi connectivity index (χ4v) is 3.39. The van der Waals surface area contributed by atoms with Crippen LogP contribution in [-0.2, 0) is 4.79 Å². The highest BCUT2D eigenvalue weighted by molar-refractivity contribution is 5.97. The molecule has 1 aliphatic heterocycles. The van der Waals surface area contributed by atoms with E-state index >= 15 is 0 Å². The number of pyridine rings is 1. The molecule has 0 radical (unpaired) electrons. The van der Waals surface area contributed by atoms with Gasteiger partial charge >= 0.3 is 0 Å². The summed E-state index contributed by atoms with van der Waals surface area (Å²) in [6, 6.07) is 3.83. The van der Waals surface area contributed by atoms with Crippen molar-refractivity contribution >= 4 is 17.4 Å². The normalized spacial score (nSPS) is 16.7. The molecule has 1 saturated heterocycles. The number of carbonyl (C=O) groups is 1. The number of aryl methyl sites for hydroxylation is 2. The Morgan fingerprint density at radius 3 is 3.00 bits per heavy atom. The van der Waals surface area contributed by atoms with Crippen molar-refractivity contribution in [2.75, 3.05) is 18.0 Å². The number of nitrogens with one attached hydrogen (secondary N) is 1. The van der Waals surface area contributed by atoms with Gasteiger partial charge in [-0.2, -0.15) is 10.2 Å². The number of hydrogen-bond acceptors (Lipinski definition) is 6. The summed E-state index contributed by atoms with van der Waals surface area (Å²) in [5.74, 6) is 0.672. The van der Waals surface area contributed by atoms with Gasteiger partial charge in [-0.25, -0.2) is 4.98 Å². The molecule has 1 atom stereocenters. The minimum atomic E-state index is -0.216. The second-order valence-corrected chi connectivity index (χ2v) is 6.44. The minimum absolute atomic E-state index is 0.183. The predicted molar refractivity (Wildman–Crippen MR) is 94.2 cm³/mol. The molecule has 0 saturated carbocycles.